The summed E-state index contributed by atoms with van der Waals surface area (Å²) in [6.45, 7) is 3.14. The number of aliphatic hydroxyl groups is 1. The maximum absolute atomic E-state index is 9.17. The normalized spacial score (nSPS) is 12.2. The van der Waals surface area contributed by atoms with Gasteiger partial charge in [0.15, 0.2) is 0 Å². The van der Waals surface area contributed by atoms with Crippen LogP contribution >= 0.6 is 15.9 Å². The lowest BCUT2D eigenvalue weighted by atomic mass is 10.3. The van der Waals surface area contributed by atoms with Crippen LogP contribution in [0.2, 0.25) is 0 Å². The third-order valence-corrected chi connectivity index (χ3v) is 2.81. The highest BCUT2D eigenvalue weighted by atomic mass is 79.9. The Morgan fingerprint density at radius 1 is 1.47 bits per heavy atom. The van der Waals surface area contributed by atoms with E-state index in [1.54, 1.807) is 7.11 Å². The summed E-state index contributed by atoms with van der Waals surface area (Å²) >= 11 is 3.42. The Balaban J connectivity index is 2.79. The molecule has 0 fully saturated rings. The van der Waals surface area contributed by atoms with Gasteiger partial charge in [-0.1, -0.05) is 0 Å². The zero-order valence-electron chi connectivity index (χ0n) is 9.90. The van der Waals surface area contributed by atoms with Gasteiger partial charge in [-0.2, -0.15) is 0 Å². The molecular formula is C10H17BrN4O2. The Bertz CT molecular complexity index is 351. The number of nitrogens with one attached hydrogen (secondary N) is 2. The first-order valence-corrected chi connectivity index (χ1v) is 6.12. The first kappa shape index (κ1) is 14.1. The Labute approximate surface area is 109 Å². The third-order valence-electron chi connectivity index (χ3n) is 2.06. The SMILES string of the molecule is CCNc1ncnc(NC(CO)COC)c1Br. The van der Waals surface area contributed by atoms with Crippen molar-refractivity contribution in [3.63, 3.8) is 0 Å². The fraction of sp³-hybridized carbons (Fsp3) is 0.600. The molecular weight excluding hydrogens is 288 g/mol. The maximum atomic E-state index is 9.17. The molecule has 0 aliphatic heterocycles. The first-order valence-electron chi connectivity index (χ1n) is 5.33. The molecule has 1 aromatic rings. The lowest BCUT2D eigenvalue weighted by Gasteiger charge is -2.17. The standard InChI is InChI=1S/C10H17BrN4O2/c1-3-12-9-8(11)10(14-6-13-9)15-7(4-16)5-17-2/h6-7,16H,3-5H2,1-2H3,(H2,12,13,14,15). The fourth-order valence-corrected chi connectivity index (χ4v) is 1.76. The Morgan fingerprint density at radius 2 is 2.18 bits per heavy atom. The summed E-state index contributed by atoms with van der Waals surface area (Å²) < 4.78 is 5.73. The Hall–Kier alpha value is -0.920. The minimum absolute atomic E-state index is 0.0270. The van der Waals surface area contributed by atoms with E-state index in [4.69, 9.17) is 9.84 Å². The number of hydrogen-bond donors (Lipinski definition) is 3. The van der Waals surface area contributed by atoms with Crippen LogP contribution in [-0.2, 0) is 4.74 Å². The van der Waals surface area contributed by atoms with Crippen molar-refractivity contribution < 1.29 is 9.84 Å². The highest BCUT2D eigenvalue weighted by Crippen LogP contribution is 2.26. The van der Waals surface area contributed by atoms with Crippen molar-refractivity contribution in [2.45, 2.75) is 13.0 Å². The third kappa shape index (κ3) is 4.10. The molecule has 3 N–H and O–H groups in total. The van der Waals surface area contributed by atoms with E-state index in [1.807, 2.05) is 6.92 Å². The number of ether oxygens (including phenoxy) is 1. The number of halogens is 1. The second-order valence-electron chi connectivity index (χ2n) is 3.39. The molecule has 0 radical (unpaired) electrons. The first-order chi connectivity index (χ1) is 8.22. The van der Waals surface area contributed by atoms with Gasteiger partial charge >= 0.3 is 0 Å². The number of methoxy groups -OCH3 is 1. The van der Waals surface area contributed by atoms with Gasteiger partial charge in [-0.05, 0) is 22.9 Å². The van der Waals surface area contributed by atoms with Gasteiger partial charge in [0.2, 0.25) is 0 Å². The van der Waals surface area contributed by atoms with Crippen LogP contribution in [0.4, 0.5) is 11.6 Å². The van der Waals surface area contributed by atoms with E-state index in [2.05, 4.69) is 36.5 Å². The molecule has 6 nitrogen and oxygen atoms in total. The molecule has 1 aromatic heterocycles. The topological polar surface area (TPSA) is 79.3 Å². The highest BCUT2D eigenvalue weighted by Gasteiger charge is 2.12. The van der Waals surface area contributed by atoms with E-state index >= 15 is 0 Å². The van der Waals surface area contributed by atoms with Gasteiger partial charge in [0.1, 0.15) is 22.4 Å². The molecule has 17 heavy (non-hydrogen) atoms. The summed E-state index contributed by atoms with van der Waals surface area (Å²) in [5.74, 6) is 1.35. The second kappa shape index (κ2) is 7.41. The summed E-state index contributed by atoms with van der Waals surface area (Å²) in [7, 11) is 1.59. The second-order valence-corrected chi connectivity index (χ2v) is 4.19. The van der Waals surface area contributed by atoms with Crippen molar-refractivity contribution in [3.8, 4) is 0 Å². The zero-order chi connectivity index (χ0) is 12.7. The highest BCUT2D eigenvalue weighted by molar-refractivity contribution is 9.10. The molecule has 0 aliphatic rings. The molecule has 0 amide bonds. The van der Waals surface area contributed by atoms with Crippen LogP contribution in [0.1, 0.15) is 6.92 Å². The Morgan fingerprint density at radius 3 is 2.76 bits per heavy atom. The number of hydrogen-bond acceptors (Lipinski definition) is 6. The molecule has 0 bridgehead atoms. The van der Waals surface area contributed by atoms with Crippen molar-refractivity contribution in [2.24, 2.45) is 0 Å². The number of aromatic nitrogens is 2. The van der Waals surface area contributed by atoms with E-state index in [0.29, 0.717) is 12.4 Å². The molecule has 1 rings (SSSR count). The van der Waals surface area contributed by atoms with Crippen LogP contribution in [0.15, 0.2) is 10.8 Å². The van der Waals surface area contributed by atoms with E-state index in [1.165, 1.54) is 6.33 Å². The summed E-state index contributed by atoms with van der Waals surface area (Å²) in [6.07, 6.45) is 1.46. The smallest absolute Gasteiger partial charge is 0.146 e. The predicted octanol–water partition coefficient (Wildman–Crippen LogP) is 1.09. The van der Waals surface area contributed by atoms with E-state index in [9.17, 15) is 0 Å². The number of anilines is 2. The minimum atomic E-state index is -0.194. The average molecular weight is 305 g/mol. The van der Waals surface area contributed by atoms with Crippen molar-refractivity contribution in [1.29, 1.82) is 0 Å². The number of nitrogens with zero attached hydrogens (tertiary/aromatic N) is 2. The van der Waals surface area contributed by atoms with Crippen molar-refractivity contribution >= 4 is 27.6 Å². The quantitative estimate of drug-likeness (QED) is 0.700. The average Bonchev–Trinajstić information content (AvgIpc) is 2.33. The molecule has 0 aromatic carbocycles. The minimum Gasteiger partial charge on any atom is -0.394 e. The number of rotatable bonds is 7. The molecule has 96 valence electrons. The largest absolute Gasteiger partial charge is 0.394 e. The van der Waals surface area contributed by atoms with Gasteiger partial charge in [-0.25, -0.2) is 9.97 Å². The van der Waals surface area contributed by atoms with E-state index in [0.717, 1.165) is 16.8 Å². The maximum Gasteiger partial charge on any atom is 0.146 e. The van der Waals surface area contributed by atoms with Crippen molar-refractivity contribution in [1.82, 2.24) is 9.97 Å². The fourth-order valence-electron chi connectivity index (χ4n) is 1.30. The monoisotopic (exact) mass is 304 g/mol. The van der Waals surface area contributed by atoms with E-state index in [-0.39, 0.29) is 12.6 Å². The zero-order valence-corrected chi connectivity index (χ0v) is 11.5. The lowest BCUT2D eigenvalue weighted by Crippen LogP contribution is -2.29. The van der Waals surface area contributed by atoms with Gasteiger partial charge in [0.25, 0.3) is 0 Å². The van der Waals surface area contributed by atoms with Crippen LogP contribution in [0.5, 0.6) is 0 Å². The van der Waals surface area contributed by atoms with Crippen LogP contribution in [-0.4, -0.2) is 48.0 Å². The molecule has 0 saturated heterocycles. The molecule has 1 unspecified atom stereocenters. The van der Waals surface area contributed by atoms with Gasteiger partial charge in [0.05, 0.1) is 19.3 Å². The lowest BCUT2D eigenvalue weighted by molar-refractivity contribution is 0.153. The van der Waals surface area contributed by atoms with Crippen LogP contribution in [0.25, 0.3) is 0 Å². The van der Waals surface area contributed by atoms with Gasteiger partial charge in [-0.15, -0.1) is 0 Å². The molecule has 0 aliphatic carbocycles. The predicted molar refractivity (Wildman–Crippen MR) is 70.3 cm³/mol. The summed E-state index contributed by atoms with van der Waals surface area (Å²) in [5, 5.41) is 15.4. The van der Waals surface area contributed by atoms with Crippen LogP contribution < -0.4 is 10.6 Å². The van der Waals surface area contributed by atoms with Gasteiger partial charge in [0, 0.05) is 13.7 Å². The summed E-state index contributed by atoms with van der Waals surface area (Å²) in [5.41, 5.74) is 0. The van der Waals surface area contributed by atoms with Crippen molar-refractivity contribution in [2.75, 3.05) is 37.5 Å². The summed E-state index contributed by atoms with van der Waals surface area (Å²) in [4.78, 5) is 8.22. The molecule has 0 spiro atoms. The molecule has 7 heteroatoms. The van der Waals surface area contributed by atoms with Gasteiger partial charge < -0.3 is 20.5 Å². The van der Waals surface area contributed by atoms with Crippen LogP contribution in [0.3, 0.4) is 0 Å². The van der Waals surface area contributed by atoms with E-state index < -0.39 is 0 Å². The molecule has 1 heterocycles. The number of aliphatic hydroxyl groups excluding tert-OH is 1. The van der Waals surface area contributed by atoms with Crippen molar-refractivity contribution in [3.05, 3.63) is 10.8 Å². The van der Waals surface area contributed by atoms with Gasteiger partial charge in [-0.3, -0.25) is 0 Å². The molecule has 1 atom stereocenters. The Kier molecular flexibility index (Phi) is 6.17. The van der Waals surface area contributed by atoms with Crippen LogP contribution in [0, 0.1) is 0 Å². The summed E-state index contributed by atoms with van der Waals surface area (Å²) in [6, 6.07) is -0.194. The molecule has 0 saturated carbocycles.